The van der Waals surface area contributed by atoms with E-state index in [-0.39, 0.29) is 12.5 Å². The molecule has 1 fully saturated rings. The fraction of sp³-hybridized carbons (Fsp3) is 0.333. The van der Waals surface area contributed by atoms with Gasteiger partial charge in [0.15, 0.2) is 0 Å². The minimum atomic E-state index is -0.666. The zero-order valence-corrected chi connectivity index (χ0v) is 15.4. The topological polar surface area (TPSA) is 59.1 Å². The number of carbonyl (C=O) groups excluding carboxylic acids is 2. The van der Waals surface area contributed by atoms with Crippen LogP contribution < -0.4 is 0 Å². The van der Waals surface area contributed by atoms with Crippen LogP contribution in [0.5, 0.6) is 0 Å². The van der Waals surface area contributed by atoms with Crippen molar-refractivity contribution in [3.8, 4) is 0 Å². The molecule has 0 radical (unpaired) electrons. The zero-order valence-electron chi connectivity index (χ0n) is 15.4. The number of cyclic esters (lactones) is 1. The molecule has 1 saturated heterocycles. The highest BCUT2D eigenvalue weighted by Crippen LogP contribution is 2.17. The number of ether oxygens (including phenoxy) is 1. The summed E-state index contributed by atoms with van der Waals surface area (Å²) in [6.45, 7) is 1.17. The Kier molecular flexibility index (Phi) is 6.44. The predicted octanol–water partition coefficient (Wildman–Crippen LogP) is 3.03. The maximum atomic E-state index is 13.1. The average Bonchev–Trinajstić information content (AvgIpc) is 2.72. The maximum absolute atomic E-state index is 13.1. The Morgan fingerprint density at radius 1 is 1.11 bits per heavy atom. The van der Waals surface area contributed by atoms with Crippen molar-refractivity contribution >= 4 is 12.0 Å². The van der Waals surface area contributed by atoms with Gasteiger partial charge in [0.05, 0.1) is 6.61 Å². The fourth-order valence-corrected chi connectivity index (χ4v) is 3.04. The minimum Gasteiger partial charge on any atom is -0.449 e. The maximum Gasteiger partial charge on any atom is 0.410 e. The monoisotopic (exact) mass is 368 g/mol. The second-order valence-electron chi connectivity index (χ2n) is 6.46. The standard InChI is InChI=1S/C21H24N2O4/c1-22(27-16-18-11-6-3-7-12-18)20(24)19(15-17-9-4-2-5-10-17)23-13-8-14-26-21(23)25/h2-7,9-12,19H,8,13-16H2,1H3. The van der Waals surface area contributed by atoms with Crippen LogP contribution in [0.2, 0.25) is 0 Å². The third-order valence-corrected chi connectivity index (χ3v) is 4.51. The summed E-state index contributed by atoms with van der Waals surface area (Å²) < 4.78 is 5.14. The first kappa shape index (κ1) is 18.9. The van der Waals surface area contributed by atoms with E-state index >= 15 is 0 Å². The number of hydrogen-bond donors (Lipinski definition) is 0. The van der Waals surface area contributed by atoms with Gasteiger partial charge in [-0.2, -0.15) is 0 Å². The minimum absolute atomic E-state index is 0.270. The molecule has 2 amide bonds. The van der Waals surface area contributed by atoms with Gasteiger partial charge in [-0.15, -0.1) is 0 Å². The van der Waals surface area contributed by atoms with Crippen molar-refractivity contribution in [2.45, 2.75) is 25.5 Å². The number of rotatable bonds is 7. The number of hydroxylamine groups is 2. The first-order valence-corrected chi connectivity index (χ1v) is 9.07. The highest BCUT2D eigenvalue weighted by Gasteiger charge is 2.35. The van der Waals surface area contributed by atoms with Gasteiger partial charge in [-0.05, 0) is 17.5 Å². The van der Waals surface area contributed by atoms with Crippen LogP contribution in [0.3, 0.4) is 0 Å². The Hall–Kier alpha value is -2.86. The lowest BCUT2D eigenvalue weighted by molar-refractivity contribution is -0.188. The zero-order chi connectivity index (χ0) is 19.1. The van der Waals surface area contributed by atoms with Crippen LogP contribution in [-0.4, -0.2) is 48.2 Å². The van der Waals surface area contributed by atoms with Gasteiger partial charge in [0.1, 0.15) is 12.6 Å². The van der Waals surface area contributed by atoms with E-state index in [0.29, 0.717) is 26.0 Å². The first-order chi connectivity index (χ1) is 13.1. The van der Waals surface area contributed by atoms with E-state index < -0.39 is 12.1 Å². The molecule has 1 aliphatic heterocycles. The smallest absolute Gasteiger partial charge is 0.410 e. The second-order valence-corrected chi connectivity index (χ2v) is 6.46. The Bertz CT molecular complexity index is 751. The molecule has 0 aliphatic carbocycles. The molecule has 1 atom stereocenters. The Balaban J connectivity index is 1.71. The molecule has 1 heterocycles. The average molecular weight is 368 g/mol. The van der Waals surface area contributed by atoms with Crippen LogP contribution in [-0.2, 0) is 27.4 Å². The van der Waals surface area contributed by atoms with E-state index in [0.717, 1.165) is 11.1 Å². The van der Waals surface area contributed by atoms with Crippen molar-refractivity contribution in [1.82, 2.24) is 9.96 Å². The molecule has 0 bridgehead atoms. The molecular formula is C21H24N2O4. The fourth-order valence-electron chi connectivity index (χ4n) is 3.04. The van der Waals surface area contributed by atoms with Gasteiger partial charge < -0.3 is 4.74 Å². The number of benzene rings is 2. The van der Waals surface area contributed by atoms with Gasteiger partial charge in [0, 0.05) is 20.0 Å². The SMILES string of the molecule is CN(OCc1ccccc1)C(=O)C(Cc1ccccc1)N1CCCOC1=O. The van der Waals surface area contributed by atoms with Crippen molar-refractivity contribution in [3.63, 3.8) is 0 Å². The van der Waals surface area contributed by atoms with Crippen LogP contribution >= 0.6 is 0 Å². The Labute approximate surface area is 159 Å². The first-order valence-electron chi connectivity index (χ1n) is 9.07. The molecule has 142 valence electrons. The molecule has 0 spiro atoms. The molecule has 1 unspecified atom stereocenters. The third kappa shape index (κ3) is 5.08. The number of likely N-dealkylation sites (N-methyl/N-ethyl adjacent to an activating group) is 1. The number of carbonyl (C=O) groups is 2. The quantitative estimate of drug-likeness (QED) is 0.705. The van der Waals surface area contributed by atoms with E-state index in [2.05, 4.69) is 0 Å². The summed E-state index contributed by atoms with van der Waals surface area (Å²) in [7, 11) is 1.58. The molecule has 3 rings (SSSR count). The molecule has 6 heteroatoms. The molecule has 0 aromatic heterocycles. The predicted molar refractivity (Wildman–Crippen MR) is 101 cm³/mol. The molecule has 6 nitrogen and oxygen atoms in total. The van der Waals surface area contributed by atoms with Crippen LogP contribution in [0.4, 0.5) is 4.79 Å². The van der Waals surface area contributed by atoms with E-state index in [1.807, 2.05) is 60.7 Å². The molecule has 2 aromatic rings. The second kappa shape index (κ2) is 9.19. The number of hydrogen-bond acceptors (Lipinski definition) is 4. The largest absolute Gasteiger partial charge is 0.449 e. The van der Waals surface area contributed by atoms with Gasteiger partial charge in [-0.1, -0.05) is 60.7 Å². The third-order valence-electron chi connectivity index (χ3n) is 4.51. The van der Waals surface area contributed by atoms with Gasteiger partial charge >= 0.3 is 6.09 Å². The van der Waals surface area contributed by atoms with Crippen molar-refractivity contribution in [2.75, 3.05) is 20.2 Å². The Morgan fingerprint density at radius 2 is 1.74 bits per heavy atom. The van der Waals surface area contributed by atoms with Crippen molar-refractivity contribution in [2.24, 2.45) is 0 Å². The van der Waals surface area contributed by atoms with Crippen LogP contribution in [0.25, 0.3) is 0 Å². The lowest BCUT2D eigenvalue weighted by Crippen LogP contribution is -2.53. The lowest BCUT2D eigenvalue weighted by atomic mass is 10.0. The van der Waals surface area contributed by atoms with Gasteiger partial charge in [0.2, 0.25) is 0 Å². The van der Waals surface area contributed by atoms with Gasteiger partial charge in [-0.25, -0.2) is 9.86 Å². The van der Waals surface area contributed by atoms with Gasteiger partial charge in [-0.3, -0.25) is 14.5 Å². The van der Waals surface area contributed by atoms with Crippen molar-refractivity contribution in [1.29, 1.82) is 0 Å². The summed E-state index contributed by atoms with van der Waals surface area (Å²) in [6, 6.07) is 18.6. The molecule has 2 aromatic carbocycles. The molecule has 27 heavy (non-hydrogen) atoms. The summed E-state index contributed by atoms with van der Waals surface area (Å²) in [6.07, 6.45) is 0.666. The number of nitrogens with zero attached hydrogens (tertiary/aromatic N) is 2. The van der Waals surface area contributed by atoms with Crippen LogP contribution in [0.1, 0.15) is 17.5 Å². The molecule has 0 N–H and O–H groups in total. The van der Waals surface area contributed by atoms with E-state index in [1.54, 1.807) is 7.05 Å². The van der Waals surface area contributed by atoms with Crippen LogP contribution in [0, 0.1) is 0 Å². The highest BCUT2D eigenvalue weighted by atomic mass is 16.7. The summed E-state index contributed by atoms with van der Waals surface area (Å²) in [5.41, 5.74) is 1.94. The van der Waals surface area contributed by atoms with Gasteiger partial charge in [0.25, 0.3) is 5.91 Å². The van der Waals surface area contributed by atoms with E-state index in [4.69, 9.17) is 9.57 Å². The molecular weight excluding hydrogens is 344 g/mol. The molecule has 0 saturated carbocycles. The lowest BCUT2D eigenvalue weighted by Gasteiger charge is -2.34. The normalized spacial score (nSPS) is 15.1. The van der Waals surface area contributed by atoms with Crippen molar-refractivity contribution < 1.29 is 19.2 Å². The Morgan fingerprint density at radius 3 is 2.37 bits per heavy atom. The number of amides is 2. The summed E-state index contributed by atoms with van der Waals surface area (Å²) in [5, 5.41) is 1.22. The summed E-state index contributed by atoms with van der Waals surface area (Å²) in [4.78, 5) is 32.4. The van der Waals surface area contributed by atoms with E-state index in [1.165, 1.54) is 9.96 Å². The highest BCUT2D eigenvalue weighted by molar-refractivity contribution is 5.85. The van der Waals surface area contributed by atoms with Crippen molar-refractivity contribution in [3.05, 3.63) is 71.8 Å². The molecule has 1 aliphatic rings. The van der Waals surface area contributed by atoms with E-state index in [9.17, 15) is 9.59 Å². The summed E-state index contributed by atoms with van der Waals surface area (Å²) in [5.74, 6) is -0.270. The van der Waals surface area contributed by atoms with Crippen LogP contribution in [0.15, 0.2) is 60.7 Å². The summed E-state index contributed by atoms with van der Waals surface area (Å²) >= 11 is 0.